The van der Waals surface area contributed by atoms with Crippen molar-refractivity contribution in [1.29, 1.82) is 0 Å². The van der Waals surface area contributed by atoms with Crippen molar-refractivity contribution in [3.05, 3.63) is 68.7 Å². The Morgan fingerprint density at radius 1 is 1.00 bits per heavy atom. The summed E-state index contributed by atoms with van der Waals surface area (Å²) in [5, 5.41) is 7.11. The van der Waals surface area contributed by atoms with Gasteiger partial charge in [-0.05, 0) is 48.9 Å². The van der Waals surface area contributed by atoms with Crippen LogP contribution in [0.25, 0.3) is 6.08 Å². The Morgan fingerprint density at radius 3 is 2.30 bits per heavy atom. The van der Waals surface area contributed by atoms with E-state index in [1.54, 1.807) is 43.3 Å². The summed E-state index contributed by atoms with van der Waals surface area (Å²) in [5.41, 5.74) is 2.51. The van der Waals surface area contributed by atoms with Crippen LogP contribution in [0.2, 0.25) is 15.1 Å². The molecule has 0 atom stereocenters. The van der Waals surface area contributed by atoms with Crippen molar-refractivity contribution in [1.82, 2.24) is 0 Å². The van der Waals surface area contributed by atoms with Crippen molar-refractivity contribution in [2.24, 2.45) is 5.10 Å². The summed E-state index contributed by atoms with van der Waals surface area (Å²) in [6.45, 7) is 1.78. The fourth-order valence-corrected chi connectivity index (χ4v) is 2.84. The van der Waals surface area contributed by atoms with Crippen LogP contribution in [0, 0.1) is 0 Å². The summed E-state index contributed by atoms with van der Waals surface area (Å²) >= 11 is 17.9. The molecular weight excluding hydrogens is 355 g/mol. The first-order valence-corrected chi connectivity index (χ1v) is 7.91. The molecular formula is C17H11Cl3N2O. The molecule has 2 aromatic carbocycles. The Balaban J connectivity index is 1.96. The lowest BCUT2D eigenvalue weighted by Gasteiger charge is -2.13. The number of benzene rings is 2. The van der Waals surface area contributed by atoms with Crippen LogP contribution in [0.4, 0.5) is 5.69 Å². The molecule has 0 unspecified atom stereocenters. The van der Waals surface area contributed by atoms with Crippen molar-refractivity contribution < 1.29 is 4.79 Å². The molecule has 0 saturated heterocycles. The SMILES string of the molecule is CC1=NN(c2ccc(Cl)cc2Cl)C(=O)C1=Cc1ccc(Cl)cc1. The third kappa shape index (κ3) is 3.27. The van der Waals surface area contributed by atoms with Crippen molar-refractivity contribution in [2.75, 3.05) is 5.01 Å². The van der Waals surface area contributed by atoms with Gasteiger partial charge in [-0.25, -0.2) is 0 Å². The second kappa shape index (κ2) is 6.36. The molecule has 3 rings (SSSR count). The zero-order valence-corrected chi connectivity index (χ0v) is 14.3. The minimum atomic E-state index is -0.235. The third-order valence-corrected chi connectivity index (χ3v) is 4.17. The van der Waals surface area contributed by atoms with Gasteiger partial charge in [-0.15, -0.1) is 0 Å². The highest BCUT2D eigenvalue weighted by atomic mass is 35.5. The molecule has 1 aliphatic heterocycles. The van der Waals surface area contributed by atoms with Gasteiger partial charge in [-0.1, -0.05) is 46.9 Å². The van der Waals surface area contributed by atoms with E-state index in [0.29, 0.717) is 32.0 Å². The first-order chi connectivity index (χ1) is 11.0. The number of rotatable bonds is 2. The maximum atomic E-state index is 12.7. The van der Waals surface area contributed by atoms with Gasteiger partial charge in [0.2, 0.25) is 0 Å². The van der Waals surface area contributed by atoms with Gasteiger partial charge in [-0.2, -0.15) is 10.1 Å². The van der Waals surface area contributed by atoms with E-state index >= 15 is 0 Å². The van der Waals surface area contributed by atoms with Crippen LogP contribution in [0.1, 0.15) is 12.5 Å². The number of nitrogens with zero attached hydrogens (tertiary/aromatic N) is 2. The summed E-state index contributed by atoms with van der Waals surface area (Å²) in [4.78, 5) is 12.7. The number of hydrazone groups is 1. The van der Waals surface area contributed by atoms with Crippen LogP contribution >= 0.6 is 34.8 Å². The molecule has 1 aliphatic rings. The molecule has 0 spiro atoms. The first kappa shape index (κ1) is 16.1. The predicted molar refractivity (Wildman–Crippen MR) is 96.5 cm³/mol. The molecule has 23 heavy (non-hydrogen) atoms. The van der Waals surface area contributed by atoms with Gasteiger partial charge in [0, 0.05) is 10.0 Å². The van der Waals surface area contributed by atoms with Crippen molar-refractivity contribution >= 4 is 58.2 Å². The summed E-state index contributed by atoms with van der Waals surface area (Å²) in [7, 11) is 0. The Morgan fingerprint density at radius 2 is 1.65 bits per heavy atom. The van der Waals surface area contributed by atoms with Crippen LogP contribution in [0.3, 0.4) is 0 Å². The molecule has 3 nitrogen and oxygen atoms in total. The van der Waals surface area contributed by atoms with E-state index in [9.17, 15) is 4.79 Å². The molecule has 0 N–H and O–H groups in total. The minimum absolute atomic E-state index is 0.235. The summed E-state index contributed by atoms with van der Waals surface area (Å²) in [6.07, 6.45) is 1.78. The Labute approximate surface area is 148 Å². The van der Waals surface area contributed by atoms with Gasteiger partial charge in [0.15, 0.2) is 0 Å². The van der Waals surface area contributed by atoms with E-state index in [2.05, 4.69) is 5.10 Å². The second-order valence-electron chi connectivity index (χ2n) is 5.01. The van der Waals surface area contributed by atoms with Gasteiger partial charge < -0.3 is 0 Å². The van der Waals surface area contributed by atoms with Crippen LogP contribution in [-0.4, -0.2) is 11.6 Å². The zero-order valence-electron chi connectivity index (χ0n) is 12.1. The highest BCUT2D eigenvalue weighted by molar-refractivity contribution is 6.38. The van der Waals surface area contributed by atoms with E-state index in [4.69, 9.17) is 34.8 Å². The smallest absolute Gasteiger partial charge is 0.267 e. The van der Waals surface area contributed by atoms with E-state index in [0.717, 1.165) is 5.56 Å². The van der Waals surface area contributed by atoms with Crippen molar-refractivity contribution in [3.8, 4) is 0 Å². The molecule has 2 aromatic rings. The summed E-state index contributed by atoms with van der Waals surface area (Å²) in [5.74, 6) is -0.235. The Hall–Kier alpha value is -1.81. The third-order valence-electron chi connectivity index (χ3n) is 3.38. The maximum absolute atomic E-state index is 12.7. The second-order valence-corrected chi connectivity index (χ2v) is 6.29. The van der Waals surface area contributed by atoms with Gasteiger partial charge in [0.05, 0.1) is 22.0 Å². The lowest BCUT2D eigenvalue weighted by Crippen LogP contribution is -2.21. The minimum Gasteiger partial charge on any atom is -0.267 e. The van der Waals surface area contributed by atoms with Crippen LogP contribution in [0.5, 0.6) is 0 Å². The number of anilines is 1. The predicted octanol–water partition coefficient (Wildman–Crippen LogP) is 5.45. The summed E-state index contributed by atoms with van der Waals surface area (Å²) in [6, 6.07) is 12.1. The lowest BCUT2D eigenvalue weighted by molar-refractivity contribution is -0.114. The average Bonchev–Trinajstić information content (AvgIpc) is 2.77. The lowest BCUT2D eigenvalue weighted by atomic mass is 10.1. The molecule has 0 saturated carbocycles. The largest absolute Gasteiger partial charge is 0.280 e. The topological polar surface area (TPSA) is 32.7 Å². The van der Waals surface area contributed by atoms with Crippen molar-refractivity contribution in [3.63, 3.8) is 0 Å². The zero-order chi connectivity index (χ0) is 16.6. The number of hydrogen-bond donors (Lipinski definition) is 0. The highest BCUT2D eigenvalue weighted by Gasteiger charge is 2.29. The number of amides is 1. The maximum Gasteiger partial charge on any atom is 0.280 e. The van der Waals surface area contributed by atoms with E-state index in [1.165, 1.54) is 5.01 Å². The molecule has 0 fully saturated rings. The molecule has 1 amide bonds. The standard InChI is InChI=1S/C17H11Cl3N2O/c1-10-14(8-11-2-4-12(18)5-3-11)17(23)22(21-10)16-7-6-13(19)9-15(16)20/h2-9H,1H3. The van der Waals surface area contributed by atoms with E-state index < -0.39 is 0 Å². The number of hydrogen-bond acceptors (Lipinski definition) is 2. The molecule has 6 heteroatoms. The van der Waals surface area contributed by atoms with Gasteiger partial charge in [0.1, 0.15) is 0 Å². The fourth-order valence-electron chi connectivity index (χ4n) is 2.23. The molecule has 0 radical (unpaired) electrons. The number of carbonyl (C=O) groups excluding carboxylic acids is 1. The first-order valence-electron chi connectivity index (χ1n) is 6.78. The van der Waals surface area contributed by atoms with Crippen LogP contribution in [0.15, 0.2) is 53.1 Å². The molecule has 1 heterocycles. The van der Waals surface area contributed by atoms with E-state index in [-0.39, 0.29) is 5.91 Å². The van der Waals surface area contributed by atoms with Gasteiger partial charge in [-0.3, -0.25) is 4.79 Å². The number of halogens is 3. The quantitative estimate of drug-likeness (QED) is 0.651. The Bertz CT molecular complexity index is 841. The molecule has 0 aromatic heterocycles. The van der Waals surface area contributed by atoms with Gasteiger partial charge >= 0.3 is 0 Å². The monoisotopic (exact) mass is 364 g/mol. The Kier molecular flexibility index (Phi) is 4.44. The normalized spacial score (nSPS) is 16.2. The highest BCUT2D eigenvalue weighted by Crippen LogP contribution is 2.33. The molecule has 116 valence electrons. The fraction of sp³-hybridized carbons (Fsp3) is 0.0588. The van der Waals surface area contributed by atoms with Gasteiger partial charge in [0.25, 0.3) is 5.91 Å². The molecule has 0 bridgehead atoms. The average molecular weight is 366 g/mol. The number of carbonyl (C=O) groups is 1. The van der Waals surface area contributed by atoms with Crippen LogP contribution < -0.4 is 5.01 Å². The summed E-state index contributed by atoms with van der Waals surface area (Å²) < 4.78 is 0. The van der Waals surface area contributed by atoms with Crippen molar-refractivity contribution in [2.45, 2.75) is 6.92 Å². The van der Waals surface area contributed by atoms with Crippen LogP contribution in [-0.2, 0) is 4.79 Å². The van der Waals surface area contributed by atoms with E-state index in [1.807, 2.05) is 12.1 Å². The molecule has 0 aliphatic carbocycles.